The van der Waals surface area contributed by atoms with Gasteiger partial charge in [-0.15, -0.1) is 10.2 Å². The first-order valence-electron chi connectivity index (χ1n) is 5.69. The van der Waals surface area contributed by atoms with Crippen LogP contribution >= 0.6 is 0 Å². The molecule has 1 aromatic carbocycles. The molecule has 0 radical (unpaired) electrons. The van der Waals surface area contributed by atoms with E-state index in [-0.39, 0.29) is 0 Å². The van der Waals surface area contributed by atoms with Crippen LogP contribution in [0.4, 0.5) is 0 Å². The van der Waals surface area contributed by atoms with Crippen LogP contribution in [-0.4, -0.2) is 22.2 Å². The second kappa shape index (κ2) is 4.54. The number of hydrogen-bond acceptors (Lipinski definition) is 5. The maximum Gasteiger partial charge on any atom is 0.247 e. The standard InChI is InChI=1S/C13H12N4O/c1-14-8-12-16-17-13(18-12)10-4-5-11-9(7-10)3-2-6-15-11/h2-7,14H,8H2,1H3. The molecule has 0 bridgehead atoms. The van der Waals surface area contributed by atoms with Crippen molar-refractivity contribution in [3.63, 3.8) is 0 Å². The van der Waals surface area contributed by atoms with Gasteiger partial charge in [0.2, 0.25) is 11.8 Å². The van der Waals surface area contributed by atoms with Crippen molar-refractivity contribution in [1.29, 1.82) is 0 Å². The van der Waals surface area contributed by atoms with Gasteiger partial charge in [-0.05, 0) is 31.3 Å². The number of aromatic nitrogens is 3. The van der Waals surface area contributed by atoms with Crippen molar-refractivity contribution in [2.24, 2.45) is 0 Å². The van der Waals surface area contributed by atoms with Gasteiger partial charge in [0.15, 0.2) is 0 Å². The maximum absolute atomic E-state index is 5.55. The summed E-state index contributed by atoms with van der Waals surface area (Å²) >= 11 is 0. The summed E-state index contributed by atoms with van der Waals surface area (Å²) in [4.78, 5) is 4.27. The van der Waals surface area contributed by atoms with E-state index >= 15 is 0 Å². The summed E-state index contributed by atoms with van der Waals surface area (Å²) in [5.41, 5.74) is 1.86. The van der Waals surface area contributed by atoms with Crippen LogP contribution in [0.25, 0.3) is 22.4 Å². The lowest BCUT2D eigenvalue weighted by molar-refractivity contribution is 0.490. The molecule has 0 aliphatic heterocycles. The second-order valence-corrected chi connectivity index (χ2v) is 3.94. The first-order valence-corrected chi connectivity index (χ1v) is 5.69. The van der Waals surface area contributed by atoms with E-state index in [4.69, 9.17) is 4.42 Å². The molecule has 3 rings (SSSR count). The number of hydrogen-bond donors (Lipinski definition) is 1. The number of nitrogens with one attached hydrogen (secondary N) is 1. The Morgan fingerprint density at radius 1 is 1.22 bits per heavy atom. The average molecular weight is 240 g/mol. The number of nitrogens with zero attached hydrogens (tertiary/aromatic N) is 3. The first kappa shape index (κ1) is 10.9. The van der Waals surface area contributed by atoms with E-state index in [0.29, 0.717) is 18.3 Å². The molecular weight excluding hydrogens is 228 g/mol. The third kappa shape index (κ3) is 1.96. The molecule has 2 heterocycles. The number of rotatable bonds is 3. The van der Waals surface area contributed by atoms with Gasteiger partial charge < -0.3 is 9.73 Å². The van der Waals surface area contributed by atoms with Gasteiger partial charge in [-0.3, -0.25) is 4.98 Å². The molecule has 5 heteroatoms. The van der Waals surface area contributed by atoms with Crippen LogP contribution in [0.2, 0.25) is 0 Å². The fraction of sp³-hybridized carbons (Fsp3) is 0.154. The Hall–Kier alpha value is -2.27. The molecule has 5 nitrogen and oxygen atoms in total. The van der Waals surface area contributed by atoms with Gasteiger partial charge in [0, 0.05) is 17.1 Å². The summed E-state index contributed by atoms with van der Waals surface area (Å²) in [5.74, 6) is 1.12. The molecule has 0 spiro atoms. The van der Waals surface area contributed by atoms with E-state index in [9.17, 15) is 0 Å². The van der Waals surface area contributed by atoms with Crippen LogP contribution in [0.15, 0.2) is 40.9 Å². The lowest BCUT2D eigenvalue weighted by Crippen LogP contribution is -2.04. The van der Waals surface area contributed by atoms with E-state index in [2.05, 4.69) is 20.5 Å². The molecule has 0 amide bonds. The van der Waals surface area contributed by atoms with Crippen molar-refractivity contribution < 1.29 is 4.42 Å². The fourth-order valence-corrected chi connectivity index (χ4v) is 1.80. The molecule has 0 atom stereocenters. The third-order valence-electron chi connectivity index (χ3n) is 2.64. The van der Waals surface area contributed by atoms with Crippen molar-refractivity contribution in [1.82, 2.24) is 20.5 Å². The Morgan fingerprint density at radius 2 is 2.17 bits per heavy atom. The fourth-order valence-electron chi connectivity index (χ4n) is 1.80. The maximum atomic E-state index is 5.55. The molecule has 3 aromatic rings. The molecule has 0 saturated heterocycles. The Balaban J connectivity index is 2.02. The molecular formula is C13H12N4O. The SMILES string of the molecule is CNCc1nnc(-c2ccc3ncccc3c2)o1. The largest absolute Gasteiger partial charge is 0.419 e. The number of pyridine rings is 1. The van der Waals surface area contributed by atoms with E-state index in [0.717, 1.165) is 16.5 Å². The smallest absolute Gasteiger partial charge is 0.247 e. The molecule has 0 fully saturated rings. The van der Waals surface area contributed by atoms with Crippen LogP contribution in [0.1, 0.15) is 5.89 Å². The van der Waals surface area contributed by atoms with Gasteiger partial charge in [0.1, 0.15) is 0 Å². The molecule has 0 saturated carbocycles. The zero-order valence-electron chi connectivity index (χ0n) is 9.92. The molecule has 0 aliphatic carbocycles. The van der Waals surface area contributed by atoms with Crippen LogP contribution in [-0.2, 0) is 6.54 Å². The molecule has 1 N–H and O–H groups in total. The average Bonchev–Trinajstić information content (AvgIpc) is 2.87. The Labute approximate surface area is 104 Å². The molecule has 18 heavy (non-hydrogen) atoms. The summed E-state index contributed by atoms with van der Waals surface area (Å²) in [6.45, 7) is 0.572. The topological polar surface area (TPSA) is 63.8 Å². The predicted molar refractivity (Wildman–Crippen MR) is 67.8 cm³/mol. The monoisotopic (exact) mass is 240 g/mol. The van der Waals surface area contributed by atoms with Gasteiger partial charge in [0.25, 0.3) is 0 Å². The number of fused-ring (bicyclic) bond motifs is 1. The van der Waals surface area contributed by atoms with Gasteiger partial charge in [-0.2, -0.15) is 0 Å². The van der Waals surface area contributed by atoms with Crippen molar-refractivity contribution in [3.05, 3.63) is 42.4 Å². The van der Waals surface area contributed by atoms with E-state index < -0.39 is 0 Å². The summed E-state index contributed by atoms with van der Waals surface area (Å²) in [6.07, 6.45) is 1.78. The Kier molecular flexibility index (Phi) is 2.74. The minimum Gasteiger partial charge on any atom is -0.419 e. The molecule has 90 valence electrons. The van der Waals surface area contributed by atoms with Crippen LogP contribution in [0, 0.1) is 0 Å². The first-order chi connectivity index (χ1) is 8.86. The van der Waals surface area contributed by atoms with Gasteiger partial charge in [0.05, 0.1) is 12.1 Å². The lowest BCUT2D eigenvalue weighted by atomic mass is 10.1. The summed E-state index contributed by atoms with van der Waals surface area (Å²) < 4.78 is 5.55. The summed E-state index contributed by atoms with van der Waals surface area (Å²) in [5, 5.41) is 12.0. The lowest BCUT2D eigenvalue weighted by Gasteiger charge is -1.98. The van der Waals surface area contributed by atoms with Crippen LogP contribution < -0.4 is 5.32 Å². The van der Waals surface area contributed by atoms with Crippen molar-refractivity contribution in [3.8, 4) is 11.5 Å². The van der Waals surface area contributed by atoms with Gasteiger partial charge in [-0.1, -0.05) is 6.07 Å². The molecule has 2 aromatic heterocycles. The third-order valence-corrected chi connectivity index (χ3v) is 2.64. The van der Waals surface area contributed by atoms with Gasteiger partial charge in [-0.25, -0.2) is 0 Å². The highest BCUT2D eigenvalue weighted by molar-refractivity contribution is 5.82. The van der Waals surface area contributed by atoms with Crippen molar-refractivity contribution in [2.75, 3.05) is 7.05 Å². The highest BCUT2D eigenvalue weighted by Crippen LogP contribution is 2.22. The minimum absolute atomic E-state index is 0.533. The summed E-state index contributed by atoms with van der Waals surface area (Å²) in [6, 6.07) is 9.81. The Bertz CT molecular complexity index is 677. The van der Waals surface area contributed by atoms with Crippen molar-refractivity contribution in [2.45, 2.75) is 6.54 Å². The van der Waals surface area contributed by atoms with E-state index in [1.165, 1.54) is 0 Å². The normalized spacial score (nSPS) is 10.9. The molecule has 0 aliphatic rings. The second-order valence-electron chi connectivity index (χ2n) is 3.94. The van der Waals surface area contributed by atoms with Crippen LogP contribution in [0.5, 0.6) is 0 Å². The zero-order valence-corrected chi connectivity index (χ0v) is 9.92. The quantitative estimate of drug-likeness (QED) is 0.758. The predicted octanol–water partition coefficient (Wildman–Crippen LogP) is 2.00. The zero-order chi connectivity index (χ0) is 12.4. The van der Waals surface area contributed by atoms with Gasteiger partial charge >= 0.3 is 0 Å². The van der Waals surface area contributed by atoms with Crippen LogP contribution in [0.3, 0.4) is 0 Å². The highest BCUT2D eigenvalue weighted by Gasteiger charge is 2.08. The molecule has 0 unspecified atom stereocenters. The Morgan fingerprint density at radius 3 is 3.06 bits per heavy atom. The minimum atomic E-state index is 0.533. The van der Waals surface area contributed by atoms with E-state index in [1.807, 2.05) is 37.4 Å². The number of benzene rings is 1. The summed E-state index contributed by atoms with van der Waals surface area (Å²) in [7, 11) is 1.84. The van der Waals surface area contributed by atoms with Crippen molar-refractivity contribution >= 4 is 10.9 Å². The highest BCUT2D eigenvalue weighted by atomic mass is 16.4. The van der Waals surface area contributed by atoms with E-state index in [1.54, 1.807) is 6.20 Å².